The zero-order valence-electron chi connectivity index (χ0n) is 8.78. The monoisotopic (exact) mass is 251 g/mol. The van der Waals surface area contributed by atoms with E-state index in [4.69, 9.17) is 9.84 Å². The third kappa shape index (κ3) is 1.44. The SMILES string of the molecule is O=C(O)c1[nH]c(=O)c2scc3c2c1CCCO3. The molecule has 0 unspecified atom stereocenters. The van der Waals surface area contributed by atoms with Crippen LogP contribution < -0.4 is 10.3 Å². The summed E-state index contributed by atoms with van der Waals surface area (Å²) in [4.78, 5) is 25.3. The van der Waals surface area contributed by atoms with Crippen LogP contribution in [-0.2, 0) is 6.42 Å². The first-order valence-electron chi connectivity index (χ1n) is 5.21. The van der Waals surface area contributed by atoms with E-state index in [1.165, 1.54) is 11.3 Å². The maximum absolute atomic E-state index is 11.8. The van der Waals surface area contributed by atoms with Crippen LogP contribution in [0, 0.1) is 0 Å². The third-order valence-corrected chi connectivity index (χ3v) is 3.81. The summed E-state index contributed by atoms with van der Waals surface area (Å²) in [5.41, 5.74) is 0.316. The summed E-state index contributed by atoms with van der Waals surface area (Å²) in [6.45, 7) is 0.549. The lowest BCUT2D eigenvalue weighted by molar-refractivity contribution is 0.0689. The van der Waals surface area contributed by atoms with Gasteiger partial charge < -0.3 is 14.8 Å². The molecule has 5 nitrogen and oxygen atoms in total. The molecule has 17 heavy (non-hydrogen) atoms. The number of carboxylic acids is 1. The van der Waals surface area contributed by atoms with Gasteiger partial charge in [-0.2, -0.15) is 0 Å². The maximum Gasteiger partial charge on any atom is 0.352 e. The summed E-state index contributed by atoms with van der Waals surface area (Å²) in [5, 5.41) is 11.6. The van der Waals surface area contributed by atoms with Crippen molar-refractivity contribution in [2.24, 2.45) is 0 Å². The minimum Gasteiger partial charge on any atom is -0.492 e. The standard InChI is InChI=1S/C11H9NO4S/c13-10-9-7-5(8(12-10)11(14)15)2-1-3-16-6(7)4-17-9/h4H,1-3H2,(H,12,13)(H,14,15). The van der Waals surface area contributed by atoms with Crippen molar-refractivity contribution < 1.29 is 14.6 Å². The lowest BCUT2D eigenvalue weighted by Crippen LogP contribution is -2.15. The fourth-order valence-corrected chi connectivity index (χ4v) is 3.05. The zero-order chi connectivity index (χ0) is 12.0. The van der Waals surface area contributed by atoms with E-state index in [2.05, 4.69) is 4.98 Å². The second kappa shape index (κ2) is 3.59. The van der Waals surface area contributed by atoms with E-state index in [1.54, 1.807) is 5.38 Å². The largest absolute Gasteiger partial charge is 0.492 e. The van der Waals surface area contributed by atoms with Crippen molar-refractivity contribution in [1.29, 1.82) is 0 Å². The Bertz CT molecular complexity index is 670. The fourth-order valence-electron chi connectivity index (χ4n) is 2.14. The molecule has 0 saturated heterocycles. The lowest BCUT2D eigenvalue weighted by atomic mass is 10.0. The number of carbonyl (C=O) groups is 1. The molecule has 2 aromatic rings. The molecule has 88 valence electrons. The number of carboxylic acid groups (broad SMARTS) is 1. The first kappa shape index (κ1) is 10.3. The van der Waals surface area contributed by atoms with Gasteiger partial charge in [0.05, 0.1) is 6.61 Å². The summed E-state index contributed by atoms with van der Waals surface area (Å²) in [7, 11) is 0. The van der Waals surface area contributed by atoms with E-state index in [0.717, 1.165) is 6.42 Å². The van der Waals surface area contributed by atoms with Crippen LogP contribution in [0.15, 0.2) is 10.2 Å². The number of aromatic carboxylic acids is 1. The Morgan fingerprint density at radius 3 is 3.12 bits per heavy atom. The molecule has 1 aliphatic heterocycles. The molecular formula is C11H9NO4S. The van der Waals surface area contributed by atoms with Gasteiger partial charge in [0.2, 0.25) is 0 Å². The van der Waals surface area contributed by atoms with Crippen molar-refractivity contribution in [2.45, 2.75) is 12.8 Å². The molecule has 0 bridgehead atoms. The van der Waals surface area contributed by atoms with Crippen molar-refractivity contribution in [2.75, 3.05) is 6.61 Å². The van der Waals surface area contributed by atoms with Crippen LogP contribution in [-0.4, -0.2) is 22.7 Å². The van der Waals surface area contributed by atoms with Gasteiger partial charge in [0.15, 0.2) is 0 Å². The number of aromatic amines is 1. The van der Waals surface area contributed by atoms with Gasteiger partial charge in [0.1, 0.15) is 16.1 Å². The van der Waals surface area contributed by atoms with Gasteiger partial charge in [-0.1, -0.05) is 0 Å². The molecular weight excluding hydrogens is 242 g/mol. The second-order valence-corrected chi connectivity index (χ2v) is 4.75. The van der Waals surface area contributed by atoms with Gasteiger partial charge in [-0.25, -0.2) is 4.79 Å². The predicted molar refractivity (Wildman–Crippen MR) is 63.2 cm³/mol. The number of thiophene rings is 1. The summed E-state index contributed by atoms with van der Waals surface area (Å²) in [6.07, 6.45) is 1.36. The van der Waals surface area contributed by atoms with E-state index in [1.807, 2.05) is 0 Å². The normalized spacial score (nSPS) is 14.4. The molecule has 0 aromatic carbocycles. The molecule has 0 radical (unpaired) electrons. The van der Waals surface area contributed by atoms with Crippen molar-refractivity contribution >= 4 is 27.4 Å². The van der Waals surface area contributed by atoms with E-state index >= 15 is 0 Å². The minimum absolute atomic E-state index is 0.00681. The first-order chi connectivity index (χ1) is 8.18. The highest BCUT2D eigenvalue weighted by Crippen LogP contribution is 2.36. The Hall–Kier alpha value is -1.82. The molecule has 2 N–H and O–H groups in total. The van der Waals surface area contributed by atoms with E-state index in [0.29, 0.717) is 34.4 Å². The number of hydrogen-bond donors (Lipinski definition) is 2. The van der Waals surface area contributed by atoms with Crippen molar-refractivity contribution in [3.05, 3.63) is 27.0 Å². The summed E-state index contributed by atoms with van der Waals surface area (Å²) in [5.74, 6) is -0.468. The second-order valence-electron chi connectivity index (χ2n) is 3.87. The van der Waals surface area contributed by atoms with Crippen LogP contribution >= 0.6 is 11.3 Å². The molecule has 0 amide bonds. The van der Waals surface area contributed by atoms with Gasteiger partial charge in [0.25, 0.3) is 5.56 Å². The zero-order valence-corrected chi connectivity index (χ0v) is 9.60. The van der Waals surface area contributed by atoms with Crippen LogP contribution in [0.4, 0.5) is 0 Å². The highest BCUT2D eigenvalue weighted by atomic mass is 32.1. The summed E-state index contributed by atoms with van der Waals surface area (Å²) in [6, 6.07) is 0. The maximum atomic E-state index is 11.8. The molecule has 2 aromatic heterocycles. The van der Waals surface area contributed by atoms with E-state index < -0.39 is 5.97 Å². The van der Waals surface area contributed by atoms with Crippen LogP contribution in [0.2, 0.25) is 0 Å². The molecule has 3 rings (SSSR count). The Morgan fingerprint density at radius 2 is 2.35 bits per heavy atom. The predicted octanol–water partition coefficient (Wildman–Crippen LogP) is 1.61. The molecule has 0 aliphatic carbocycles. The van der Waals surface area contributed by atoms with Crippen LogP contribution in [0.3, 0.4) is 0 Å². The number of nitrogens with one attached hydrogen (secondary N) is 1. The minimum atomic E-state index is -1.10. The number of pyridine rings is 1. The molecule has 0 fully saturated rings. The smallest absolute Gasteiger partial charge is 0.352 e. The number of H-pyrrole nitrogens is 1. The topological polar surface area (TPSA) is 79.4 Å². The van der Waals surface area contributed by atoms with Crippen molar-refractivity contribution in [3.63, 3.8) is 0 Å². The molecule has 0 spiro atoms. The van der Waals surface area contributed by atoms with Gasteiger partial charge in [-0.05, 0) is 18.4 Å². The summed E-state index contributed by atoms with van der Waals surface area (Å²) < 4.78 is 6.06. The molecule has 6 heteroatoms. The highest BCUT2D eigenvalue weighted by molar-refractivity contribution is 7.17. The number of hydrogen-bond acceptors (Lipinski definition) is 4. The average Bonchev–Trinajstić information content (AvgIpc) is 2.60. The first-order valence-corrected chi connectivity index (χ1v) is 6.09. The van der Waals surface area contributed by atoms with Gasteiger partial charge in [-0.15, -0.1) is 11.3 Å². The molecule has 1 aliphatic rings. The highest BCUT2D eigenvalue weighted by Gasteiger charge is 2.22. The Morgan fingerprint density at radius 1 is 1.53 bits per heavy atom. The Labute approximate surface area is 99.7 Å². The van der Waals surface area contributed by atoms with Gasteiger partial charge in [0, 0.05) is 10.8 Å². The number of aromatic nitrogens is 1. The van der Waals surface area contributed by atoms with E-state index in [9.17, 15) is 9.59 Å². The van der Waals surface area contributed by atoms with Crippen LogP contribution in [0.25, 0.3) is 10.1 Å². The van der Waals surface area contributed by atoms with Crippen molar-refractivity contribution in [1.82, 2.24) is 4.98 Å². The quantitative estimate of drug-likeness (QED) is 0.807. The van der Waals surface area contributed by atoms with Gasteiger partial charge in [-0.3, -0.25) is 4.79 Å². The summed E-state index contributed by atoms with van der Waals surface area (Å²) >= 11 is 1.29. The molecule has 0 saturated carbocycles. The molecule has 3 heterocycles. The Balaban J connectivity index is 2.48. The van der Waals surface area contributed by atoms with Gasteiger partial charge >= 0.3 is 5.97 Å². The van der Waals surface area contributed by atoms with Crippen molar-refractivity contribution in [3.8, 4) is 5.75 Å². The van der Waals surface area contributed by atoms with E-state index in [-0.39, 0.29) is 11.3 Å². The van der Waals surface area contributed by atoms with Crippen LogP contribution in [0.1, 0.15) is 22.5 Å². The third-order valence-electron chi connectivity index (χ3n) is 2.85. The number of ether oxygens (including phenoxy) is 1. The lowest BCUT2D eigenvalue weighted by Gasteiger charge is -2.04. The van der Waals surface area contributed by atoms with Crippen LogP contribution in [0.5, 0.6) is 5.75 Å². The Kier molecular flexibility index (Phi) is 2.19. The average molecular weight is 251 g/mol. The number of rotatable bonds is 1. The number of aryl methyl sites for hydroxylation is 1. The fraction of sp³-hybridized carbons (Fsp3) is 0.273. The molecule has 0 atom stereocenters.